The lowest BCUT2D eigenvalue weighted by Crippen LogP contribution is -2.15. The first kappa shape index (κ1) is 8.96. The van der Waals surface area contributed by atoms with E-state index in [0.29, 0.717) is 12.2 Å². The molecule has 5 nitrogen and oxygen atoms in total. The summed E-state index contributed by atoms with van der Waals surface area (Å²) in [5, 5.41) is 0. The average molecular weight is 215 g/mol. The molecule has 0 fully saturated rings. The Hall–Kier alpha value is -2.30. The van der Waals surface area contributed by atoms with Crippen LogP contribution in [0.15, 0.2) is 30.7 Å². The molecule has 1 aliphatic heterocycles. The number of aromatic nitrogens is 2. The molecule has 1 aromatic heterocycles. The minimum Gasteiger partial charge on any atom is -0.485 e. The molecule has 1 aromatic carbocycles. The van der Waals surface area contributed by atoms with Crippen molar-refractivity contribution in [1.29, 1.82) is 0 Å². The number of carbonyl (C=O) groups is 1. The Balaban J connectivity index is 2.22. The van der Waals surface area contributed by atoms with Gasteiger partial charge in [-0.25, -0.2) is 4.98 Å². The maximum absolute atomic E-state index is 11.1. The zero-order chi connectivity index (χ0) is 11.1. The SMILES string of the molecule is NC(=O)c1ccc2c(c1)-n1cncc1CO2. The lowest BCUT2D eigenvalue weighted by molar-refractivity contribution is 0.1000. The van der Waals surface area contributed by atoms with Gasteiger partial charge in [-0.05, 0) is 18.2 Å². The number of benzene rings is 1. The second-order valence-corrected chi connectivity index (χ2v) is 3.59. The van der Waals surface area contributed by atoms with Gasteiger partial charge in [0, 0.05) is 5.56 Å². The van der Waals surface area contributed by atoms with E-state index in [4.69, 9.17) is 10.5 Å². The molecule has 0 saturated carbocycles. The third-order valence-electron chi connectivity index (χ3n) is 2.59. The average Bonchev–Trinajstić information content (AvgIpc) is 2.76. The molecule has 0 atom stereocenters. The summed E-state index contributed by atoms with van der Waals surface area (Å²) in [5.41, 5.74) is 7.45. The number of nitrogens with zero attached hydrogens (tertiary/aromatic N) is 2. The first-order valence-electron chi connectivity index (χ1n) is 4.84. The van der Waals surface area contributed by atoms with E-state index in [0.717, 1.165) is 17.1 Å². The van der Waals surface area contributed by atoms with Gasteiger partial charge in [0.1, 0.15) is 12.4 Å². The molecule has 0 saturated heterocycles. The molecule has 2 heterocycles. The van der Waals surface area contributed by atoms with Crippen LogP contribution in [0.4, 0.5) is 0 Å². The normalized spacial score (nSPS) is 12.5. The summed E-state index contributed by atoms with van der Waals surface area (Å²) in [6.07, 6.45) is 3.43. The lowest BCUT2D eigenvalue weighted by atomic mass is 10.1. The number of rotatable bonds is 1. The molecule has 0 unspecified atom stereocenters. The van der Waals surface area contributed by atoms with E-state index in [1.54, 1.807) is 30.7 Å². The molecule has 0 aliphatic carbocycles. The first-order valence-corrected chi connectivity index (χ1v) is 4.84. The Morgan fingerprint density at radius 2 is 2.38 bits per heavy atom. The summed E-state index contributed by atoms with van der Waals surface area (Å²) in [4.78, 5) is 15.1. The van der Waals surface area contributed by atoms with Crippen molar-refractivity contribution in [2.24, 2.45) is 5.73 Å². The number of hydrogen-bond acceptors (Lipinski definition) is 3. The highest BCUT2D eigenvalue weighted by Gasteiger charge is 2.17. The van der Waals surface area contributed by atoms with Gasteiger partial charge in [-0.1, -0.05) is 0 Å². The zero-order valence-corrected chi connectivity index (χ0v) is 8.38. The lowest BCUT2D eigenvalue weighted by Gasteiger charge is -2.19. The van der Waals surface area contributed by atoms with Gasteiger partial charge < -0.3 is 10.5 Å². The number of amides is 1. The van der Waals surface area contributed by atoms with Crippen LogP contribution >= 0.6 is 0 Å². The van der Waals surface area contributed by atoms with Crippen molar-refractivity contribution in [3.63, 3.8) is 0 Å². The third-order valence-corrected chi connectivity index (χ3v) is 2.59. The van der Waals surface area contributed by atoms with Crippen molar-refractivity contribution in [3.05, 3.63) is 42.0 Å². The third kappa shape index (κ3) is 1.18. The van der Waals surface area contributed by atoms with Crippen molar-refractivity contribution in [2.75, 3.05) is 0 Å². The minimum atomic E-state index is -0.449. The number of fused-ring (bicyclic) bond motifs is 3. The number of ether oxygens (including phenoxy) is 1. The molecule has 16 heavy (non-hydrogen) atoms. The Morgan fingerprint density at radius 1 is 1.50 bits per heavy atom. The maximum Gasteiger partial charge on any atom is 0.248 e. The smallest absolute Gasteiger partial charge is 0.248 e. The Bertz CT molecular complexity index is 574. The maximum atomic E-state index is 11.1. The number of nitrogens with two attached hydrogens (primary N) is 1. The second kappa shape index (κ2) is 3.10. The molecule has 3 rings (SSSR count). The van der Waals surface area contributed by atoms with E-state index >= 15 is 0 Å². The Kier molecular flexibility index (Phi) is 1.73. The highest BCUT2D eigenvalue weighted by atomic mass is 16.5. The number of hydrogen-bond donors (Lipinski definition) is 1. The van der Waals surface area contributed by atoms with Crippen molar-refractivity contribution in [1.82, 2.24) is 9.55 Å². The molecule has 0 spiro atoms. The molecule has 1 aliphatic rings. The van der Waals surface area contributed by atoms with E-state index < -0.39 is 5.91 Å². The molecular weight excluding hydrogens is 206 g/mol. The zero-order valence-electron chi connectivity index (χ0n) is 8.38. The predicted octanol–water partition coefficient (Wildman–Crippen LogP) is 0.864. The van der Waals surface area contributed by atoms with E-state index in [1.165, 1.54) is 0 Å². The fraction of sp³-hybridized carbons (Fsp3) is 0.0909. The van der Waals surface area contributed by atoms with Crippen LogP contribution < -0.4 is 10.5 Å². The summed E-state index contributed by atoms with van der Waals surface area (Å²) in [7, 11) is 0. The van der Waals surface area contributed by atoms with Gasteiger partial charge in [-0.3, -0.25) is 9.36 Å². The molecule has 80 valence electrons. The predicted molar refractivity (Wildman–Crippen MR) is 56.4 cm³/mol. The van der Waals surface area contributed by atoms with Crippen LogP contribution in [-0.2, 0) is 6.61 Å². The van der Waals surface area contributed by atoms with Crippen molar-refractivity contribution in [3.8, 4) is 11.4 Å². The fourth-order valence-electron chi connectivity index (χ4n) is 1.78. The van der Waals surface area contributed by atoms with Crippen LogP contribution in [0.2, 0.25) is 0 Å². The summed E-state index contributed by atoms with van der Waals surface area (Å²) in [6, 6.07) is 5.11. The fourth-order valence-corrected chi connectivity index (χ4v) is 1.78. The quantitative estimate of drug-likeness (QED) is 0.767. The second-order valence-electron chi connectivity index (χ2n) is 3.59. The van der Waals surface area contributed by atoms with Gasteiger partial charge >= 0.3 is 0 Å². The van der Waals surface area contributed by atoms with Crippen LogP contribution in [0.5, 0.6) is 5.75 Å². The van der Waals surface area contributed by atoms with Gasteiger partial charge in [0.2, 0.25) is 5.91 Å². The number of imidazole rings is 1. The van der Waals surface area contributed by atoms with Crippen LogP contribution in [0.3, 0.4) is 0 Å². The number of carbonyl (C=O) groups excluding carboxylic acids is 1. The summed E-state index contributed by atoms with van der Waals surface area (Å²) >= 11 is 0. The summed E-state index contributed by atoms with van der Waals surface area (Å²) < 4.78 is 7.42. The summed E-state index contributed by atoms with van der Waals surface area (Å²) in [6.45, 7) is 0.489. The van der Waals surface area contributed by atoms with E-state index in [2.05, 4.69) is 4.98 Å². The van der Waals surface area contributed by atoms with Crippen molar-refractivity contribution in [2.45, 2.75) is 6.61 Å². The van der Waals surface area contributed by atoms with E-state index in [9.17, 15) is 4.79 Å². The largest absolute Gasteiger partial charge is 0.485 e. The van der Waals surface area contributed by atoms with Crippen LogP contribution in [0, 0.1) is 0 Å². The summed E-state index contributed by atoms with van der Waals surface area (Å²) in [5.74, 6) is 0.283. The molecular formula is C11H9N3O2. The van der Waals surface area contributed by atoms with Crippen LogP contribution in [0.25, 0.3) is 5.69 Å². The number of primary amides is 1. The Morgan fingerprint density at radius 3 is 3.19 bits per heavy atom. The van der Waals surface area contributed by atoms with Crippen LogP contribution in [0.1, 0.15) is 16.1 Å². The highest BCUT2D eigenvalue weighted by molar-refractivity contribution is 5.93. The highest BCUT2D eigenvalue weighted by Crippen LogP contribution is 2.30. The van der Waals surface area contributed by atoms with E-state index in [-0.39, 0.29) is 0 Å². The monoisotopic (exact) mass is 215 g/mol. The van der Waals surface area contributed by atoms with Crippen molar-refractivity contribution >= 4 is 5.91 Å². The van der Waals surface area contributed by atoms with Gasteiger partial charge in [-0.15, -0.1) is 0 Å². The van der Waals surface area contributed by atoms with E-state index in [1.807, 2.05) is 4.57 Å². The molecule has 1 amide bonds. The van der Waals surface area contributed by atoms with Gasteiger partial charge in [0.05, 0.1) is 23.9 Å². The van der Waals surface area contributed by atoms with Crippen LogP contribution in [-0.4, -0.2) is 15.5 Å². The van der Waals surface area contributed by atoms with Gasteiger partial charge in [-0.2, -0.15) is 0 Å². The molecule has 0 radical (unpaired) electrons. The molecule has 2 aromatic rings. The minimum absolute atomic E-state index is 0.449. The Labute approximate surface area is 91.5 Å². The molecule has 0 bridgehead atoms. The molecule has 2 N–H and O–H groups in total. The van der Waals surface area contributed by atoms with Gasteiger partial charge in [0.25, 0.3) is 0 Å². The van der Waals surface area contributed by atoms with Crippen molar-refractivity contribution < 1.29 is 9.53 Å². The standard InChI is InChI=1S/C11H9N3O2/c12-11(15)7-1-2-10-9(3-7)14-6-13-4-8(14)5-16-10/h1-4,6H,5H2,(H2,12,15). The first-order chi connectivity index (χ1) is 7.75. The van der Waals surface area contributed by atoms with Gasteiger partial charge in [0.15, 0.2) is 0 Å². The molecule has 5 heteroatoms. The topological polar surface area (TPSA) is 70.1 Å².